The number of hydrogen-bond donors (Lipinski definition) is 1. The zero-order chi connectivity index (χ0) is 18.0. The summed E-state index contributed by atoms with van der Waals surface area (Å²) >= 11 is 0. The van der Waals surface area contributed by atoms with Gasteiger partial charge in [0, 0.05) is 20.1 Å². The normalized spacial score (nSPS) is 27.5. The van der Waals surface area contributed by atoms with Crippen molar-refractivity contribution in [3.8, 4) is 0 Å². The molecular formula is C19H32O5. The van der Waals surface area contributed by atoms with Crippen molar-refractivity contribution in [3.63, 3.8) is 0 Å². The van der Waals surface area contributed by atoms with Gasteiger partial charge in [-0.2, -0.15) is 0 Å². The van der Waals surface area contributed by atoms with Gasteiger partial charge in [-0.15, -0.1) is 6.58 Å². The molecule has 1 saturated heterocycles. The Labute approximate surface area is 145 Å². The Bertz CT molecular complexity index is 420. The molecule has 0 aromatic heterocycles. The second-order valence-corrected chi connectivity index (χ2v) is 6.20. The van der Waals surface area contributed by atoms with E-state index in [1.54, 1.807) is 20.3 Å². The summed E-state index contributed by atoms with van der Waals surface area (Å²) in [5, 5.41) is 8.95. The van der Waals surface area contributed by atoms with Crippen LogP contribution in [0.2, 0.25) is 0 Å². The molecule has 5 nitrogen and oxygen atoms in total. The standard InChI is InChI=1S/C19H32O5/c1-6-7-8-9-11-16(22-5)17(23-14-21-4)15(2)18-19(3,24-18)12-10-13-20/h6,9-12,15-18,20H,1,7-8,13-14H2,2-5H3/t15-,16-,17-,18+,19-/m0/s1. The van der Waals surface area contributed by atoms with Crippen LogP contribution in [0.5, 0.6) is 0 Å². The summed E-state index contributed by atoms with van der Waals surface area (Å²) in [7, 11) is 3.28. The van der Waals surface area contributed by atoms with Crippen LogP contribution in [0.3, 0.4) is 0 Å². The van der Waals surface area contributed by atoms with Crippen molar-refractivity contribution in [2.75, 3.05) is 27.6 Å². The molecular weight excluding hydrogens is 308 g/mol. The van der Waals surface area contributed by atoms with E-state index in [2.05, 4.69) is 19.6 Å². The maximum atomic E-state index is 8.95. The van der Waals surface area contributed by atoms with Crippen LogP contribution in [-0.2, 0) is 18.9 Å². The molecule has 1 aliphatic rings. The molecule has 1 aliphatic heterocycles. The van der Waals surface area contributed by atoms with E-state index >= 15 is 0 Å². The summed E-state index contributed by atoms with van der Waals surface area (Å²) in [5.41, 5.74) is -0.359. The summed E-state index contributed by atoms with van der Waals surface area (Å²) in [6, 6.07) is 0. The van der Waals surface area contributed by atoms with Crippen molar-refractivity contribution in [1.82, 2.24) is 0 Å². The van der Waals surface area contributed by atoms with Crippen LogP contribution in [-0.4, -0.2) is 56.6 Å². The van der Waals surface area contributed by atoms with Gasteiger partial charge in [0.2, 0.25) is 0 Å². The molecule has 1 rings (SSSR count). The predicted molar refractivity (Wildman–Crippen MR) is 94.8 cm³/mol. The van der Waals surface area contributed by atoms with Crippen LogP contribution in [0.1, 0.15) is 26.7 Å². The SMILES string of the molecule is C=CCCC=C[C@H](OC)[C@@H](OCOC)[C@H](C)[C@H]1O[C@@]1(C)C=CCO. The molecule has 0 amide bonds. The number of aliphatic hydroxyl groups excluding tert-OH is 1. The third-order valence-electron chi connectivity index (χ3n) is 4.28. The highest BCUT2D eigenvalue weighted by atomic mass is 16.7. The van der Waals surface area contributed by atoms with Crippen LogP contribution >= 0.6 is 0 Å². The first kappa shape index (κ1) is 21.1. The van der Waals surface area contributed by atoms with Gasteiger partial charge in [-0.05, 0) is 19.8 Å². The van der Waals surface area contributed by atoms with Crippen molar-refractivity contribution in [3.05, 3.63) is 37.0 Å². The number of allylic oxidation sites excluding steroid dienone is 2. The summed E-state index contributed by atoms with van der Waals surface area (Å²) < 4.78 is 22.5. The topological polar surface area (TPSA) is 60.5 Å². The second-order valence-electron chi connectivity index (χ2n) is 6.20. The Morgan fingerprint density at radius 1 is 1.29 bits per heavy atom. The van der Waals surface area contributed by atoms with Crippen molar-refractivity contribution in [2.45, 2.75) is 50.6 Å². The lowest BCUT2D eigenvalue weighted by Gasteiger charge is -2.28. The number of rotatable bonds is 13. The predicted octanol–water partition coefficient (Wildman–Crippen LogP) is 2.86. The highest BCUT2D eigenvalue weighted by molar-refractivity contribution is 5.17. The van der Waals surface area contributed by atoms with E-state index in [1.807, 2.05) is 25.2 Å². The lowest BCUT2D eigenvalue weighted by atomic mass is 9.89. The number of ether oxygens (including phenoxy) is 4. The van der Waals surface area contributed by atoms with Crippen LogP contribution in [0, 0.1) is 5.92 Å². The third-order valence-corrected chi connectivity index (χ3v) is 4.28. The van der Waals surface area contributed by atoms with E-state index in [1.165, 1.54) is 0 Å². The molecule has 0 radical (unpaired) electrons. The minimum atomic E-state index is -0.359. The highest BCUT2D eigenvalue weighted by Gasteiger charge is 2.55. The number of epoxide rings is 1. The van der Waals surface area contributed by atoms with Gasteiger partial charge in [-0.25, -0.2) is 0 Å². The number of methoxy groups -OCH3 is 2. The van der Waals surface area contributed by atoms with Crippen molar-refractivity contribution in [1.29, 1.82) is 0 Å². The summed E-state index contributed by atoms with van der Waals surface area (Å²) in [5.74, 6) is 0.0995. The maximum Gasteiger partial charge on any atom is 0.146 e. The molecule has 0 bridgehead atoms. The fraction of sp³-hybridized carbons (Fsp3) is 0.684. The van der Waals surface area contributed by atoms with Gasteiger partial charge in [0.15, 0.2) is 0 Å². The highest BCUT2D eigenvalue weighted by Crippen LogP contribution is 2.44. The van der Waals surface area contributed by atoms with Gasteiger partial charge in [0.1, 0.15) is 18.5 Å². The first-order valence-electron chi connectivity index (χ1n) is 8.41. The first-order chi connectivity index (χ1) is 11.5. The van der Waals surface area contributed by atoms with Crippen LogP contribution in [0.25, 0.3) is 0 Å². The van der Waals surface area contributed by atoms with Crippen LogP contribution in [0.15, 0.2) is 37.0 Å². The van der Waals surface area contributed by atoms with Gasteiger partial charge in [-0.1, -0.05) is 37.3 Å². The Balaban J connectivity index is 2.77. The number of unbranched alkanes of at least 4 members (excludes halogenated alkanes) is 1. The van der Waals surface area contributed by atoms with E-state index in [-0.39, 0.29) is 43.2 Å². The monoisotopic (exact) mass is 340 g/mol. The van der Waals surface area contributed by atoms with Gasteiger partial charge in [0.25, 0.3) is 0 Å². The molecule has 1 fully saturated rings. The molecule has 0 unspecified atom stereocenters. The first-order valence-corrected chi connectivity index (χ1v) is 8.41. The lowest BCUT2D eigenvalue weighted by molar-refractivity contribution is -0.130. The van der Waals surface area contributed by atoms with E-state index < -0.39 is 0 Å². The summed E-state index contributed by atoms with van der Waals surface area (Å²) in [4.78, 5) is 0. The molecule has 0 aliphatic carbocycles. The molecule has 138 valence electrons. The van der Waals surface area contributed by atoms with Gasteiger partial charge in [0.05, 0.1) is 18.8 Å². The Kier molecular flexibility index (Phi) is 9.48. The fourth-order valence-corrected chi connectivity index (χ4v) is 2.92. The van der Waals surface area contributed by atoms with E-state index in [4.69, 9.17) is 24.1 Å². The summed E-state index contributed by atoms with van der Waals surface area (Å²) in [6.07, 6.45) is 11.1. The van der Waals surface area contributed by atoms with E-state index in [0.717, 1.165) is 12.8 Å². The summed E-state index contributed by atoms with van der Waals surface area (Å²) in [6.45, 7) is 8.04. The number of aliphatic hydroxyl groups is 1. The minimum Gasteiger partial charge on any atom is -0.392 e. The smallest absolute Gasteiger partial charge is 0.146 e. The van der Waals surface area contributed by atoms with Crippen LogP contribution in [0.4, 0.5) is 0 Å². The average molecular weight is 340 g/mol. The number of hydrogen-bond acceptors (Lipinski definition) is 5. The molecule has 0 aromatic rings. The Hall–Kier alpha value is -0.980. The lowest BCUT2D eigenvalue weighted by Crippen LogP contribution is -2.39. The second kappa shape index (κ2) is 10.8. The maximum absolute atomic E-state index is 8.95. The minimum absolute atomic E-state index is 0.0103. The van der Waals surface area contributed by atoms with Gasteiger partial charge >= 0.3 is 0 Å². The Morgan fingerprint density at radius 3 is 2.62 bits per heavy atom. The quantitative estimate of drug-likeness (QED) is 0.242. The van der Waals surface area contributed by atoms with Crippen molar-refractivity contribution < 1.29 is 24.1 Å². The zero-order valence-electron chi connectivity index (χ0n) is 15.3. The molecule has 1 N–H and O–H groups in total. The Morgan fingerprint density at radius 2 is 2.04 bits per heavy atom. The molecule has 1 heterocycles. The van der Waals surface area contributed by atoms with Gasteiger partial charge in [-0.3, -0.25) is 0 Å². The average Bonchev–Trinajstić information content (AvgIpc) is 3.26. The molecule has 24 heavy (non-hydrogen) atoms. The van der Waals surface area contributed by atoms with Crippen molar-refractivity contribution >= 4 is 0 Å². The van der Waals surface area contributed by atoms with E-state index in [9.17, 15) is 0 Å². The van der Waals surface area contributed by atoms with Gasteiger partial charge < -0.3 is 24.1 Å². The molecule has 5 heteroatoms. The zero-order valence-corrected chi connectivity index (χ0v) is 15.3. The molecule has 5 atom stereocenters. The molecule has 0 spiro atoms. The third kappa shape index (κ3) is 6.15. The van der Waals surface area contributed by atoms with E-state index in [0.29, 0.717) is 0 Å². The fourth-order valence-electron chi connectivity index (χ4n) is 2.92. The van der Waals surface area contributed by atoms with Crippen LogP contribution < -0.4 is 0 Å². The molecule has 0 aromatic carbocycles. The molecule has 0 saturated carbocycles. The largest absolute Gasteiger partial charge is 0.392 e. The van der Waals surface area contributed by atoms with Crippen molar-refractivity contribution in [2.24, 2.45) is 5.92 Å².